The molecular formula is C11H12ClN3O3S. The first-order chi connectivity index (χ1) is 8.88. The lowest BCUT2D eigenvalue weighted by Gasteiger charge is -2.05. The van der Waals surface area contributed by atoms with Gasteiger partial charge in [0.25, 0.3) is 11.8 Å². The number of hydrogen-bond donors (Lipinski definition) is 1. The van der Waals surface area contributed by atoms with Gasteiger partial charge in [0.05, 0.1) is 5.25 Å². The minimum absolute atomic E-state index is 0.0846. The Kier molecular flexibility index (Phi) is 3.77. The molecule has 6 nitrogen and oxygen atoms in total. The molecule has 1 heterocycles. The van der Waals surface area contributed by atoms with Crippen LogP contribution in [0.25, 0.3) is 11.5 Å². The van der Waals surface area contributed by atoms with E-state index in [0.29, 0.717) is 10.6 Å². The third kappa shape index (κ3) is 3.24. The van der Waals surface area contributed by atoms with Gasteiger partial charge in [0.2, 0.25) is 10.0 Å². The Morgan fingerprint density at radius 3 is 2.47 bits per heavy atom. The molecule has 0 spiro atoms. The molecule has 2 aromatic rings. The molecular weight excluding hydrogens is 290 g/mol. The fourth-order valence-electron chi connectivity index (χ4n) is 1.22. The van der Waals surface area contributed by atoms with Crippen LogP contribution < -0.4 is 4.72 Å². The van der Waals surface area contributed by atoms with E-state index >= 15 is 0 Å². The van der Waals surface area contributed by atoms with Gasteiger partial charge in [0.1, 0.15) is 0 Å². The molecule has 0 saturated carbocycles. The van der Waals surface area contributed by atoms with E-state index in [2.05, 4.69) is 14.9 Å². The van der Waals surface area contributed by atoms with Gasteiger partial charge in [-0.3, -0.25) is 0 Å². The van der Waals surface area contributed by atoms with Crippen LogP contribution in [0.15, 0.2) is 28.8 Å². The summed E-state index contributed by atoms with van der Waals surface area (Å²) in [6.07, 6.45) is 0. The molecule has 1 aromatic carbocycles. The number of nitrogens with zero attached hydrogens (tertiary/aromatic N) is 2. The van der Waals surface area contributed by atoms with Crippen LogP contribution in [0, 0.1) is 0 Å². The van der Waals surface area contributed by atoms with Gasteiger partial charge in [-0.05, 0) is 43.3 Å². The van der Waals surface area contributed by atoms with Crippen molar-refractivity contribution in [1.82, 2.24) is 10.1 Å². The van der Waals surface area contributed by atoms with E-state index in [1.54, 1.807) is 38.1 Å². The number of benzene rings is 1. The normalized spacial score (nSPS) is 11.8. The van der Waals surface area contributed by atoms with Crippen LogP contribution >= 0.6 is 11.6 Å². The van der Waals surface area contributed by atoms with E-state index in [1.165, 1.54) is 0 Å². The first kappa shape index (κ1) is 13.8. The van der Waals surface area contributed by atoms with Crippen LogP contribution in [-0.2, 0) is 10.0 Å². The number of aromatic nitrogens is 2. The SMILES string of the molecule is CC(C)S(=O)(=O)Nc1noc(-c2ccc(Cl)cc2)n1. The maximum absolute atomic E-state index is 11.6. The van der Waals surface area contributed by atoms with Gasteiger partial charge in [-0.1, -0.05) is 11.6 Å². The summed E-state index contributed by atoms with van der Waals surface area (Å²) in [7, 11) is -3.48. The number of sulfonamides is 1. The first-order valence-corrected chi connectivity index (χ1v) is 7.42. The van der Waals surface area contributed by atoms with Crippen molar-refractivity contribution >= 4 is 27.6 Å². The Morgan fingerprint density at radius 2 is 1.89 bits per heavy atom. The summed E-state index contributed by atoms with van der Waals surface area (Å²) in [6, 6.07) is 6.77. The van der Waals surface area contributed by atoms with Gasteiger partial charge < -0.3 is 4.52 Å². The average Bonchev–Trinajstić information content (AvgIpc) is 2.77. The van der Waals surface area contributed by atoms with E-state index in [0.717, 1.165) is 0 Å². The highest BCUT2D eigenvalue weighted by Gasteiger charge is 2.19. The molecule has 0 saturated heterocycles. The van der Waals surface area contributed by atoms with Crippen molar-refractivity contribution in [3.8, 4) is 11.5 Å². The summed E-state index contributed by atoms with van der Waals surface area (Å²) in [4.78, 5) is 3.97. The lowest BCUT2D eigenvalue weighted by atomic mass is 10.2. The van der Waals surface area contributed by atoms with Gasteiger partial charge in [0.15, 0.2) is 0 Å². The average molecular weight is 302 g/mol. The third-order valence-corrected chi connectivity index (χ3v) is 4.33. The summed E-state index contributed by atoms with van der Waals surface area (Å²) in [5, 5.41) is 3.58. The topological polar surface area (TPSA) is 85.1 Å². The van der Waals surface area contributed by atoms with Gasteiger partial charge >= 0.3 is 0 Å². The summed E-state index contributed by atoms with van der Waals surface area (Å²) in [6.45, 7) is 3.12. The molecule has 0 unspecified atom stereocenters. The van der Waals surface area contributed by atoms with Crippen LogP contribution in [0.5, 0.6) is 0 Å². The number of rotatable bonds is 4. The van der Waals surface area contributed by atoms with E-state index in [4.69, 9.17) is 16.1 Å². The fourth-order valence-corrected chi connectivity index (χ4v) is 1.92. The minimum atomic E-state index is -3.48. The second-order valence-electron chi connectivity index (χ2n) is 4.13. The monoisotopic (exact) mass is 301 g/mol. The number of nitrogens with one attached hydrogen (secondary N) is 1. The Balaban J connectivity index is 2.22. The van der Waals surface area contributed by atoms with Crippen LogP contribution in [0.3, 0.4) is 0 Å². The molecule has 2 rings (SSSR count). The predicted octanol–water partition coefficient (Wildman–Crippen LogP) is 2.54. The van der Waals surface area contributed by atoms with Crippen molar-refractivity contribution in [1.29, 1.82) is 0 Å². The summed E-state index contributed by atoms with van der Waals surface area (Å²) in [5.74, 6) is 0.136. The second kappa shape index (κ2) is 5.18. The standard InChI is InChI=1S/C11H12ClN3O3S/c1-7(2)19(16,17)15-11-13-10(18-14-11)8-3-5-9(12)6-4-8/h3-7H,1-2H3,(H,14,15). The Labute approximate surface area is 115 Å². The summed E-state index contributed by atoms with van der Waals surface area (Å²) in [5.41, 5.74) is 0.659. The molecule has 0 amide bonds. The van der Waals surface area contributed by atoms with E-state index < -0.39 is 15.3 Å². The molecule has 0 aliphatic carbocycles. The van der Waals surface area contributed by atoms with E-state index in [1.807, 2.05) is 0 Å². The van der Waals surface area contributed by atoms with Crippen molar-refractivity contribution < 1.29 is 12.9 Å². The molecule has 0 fully saturated rings. The lowest BCUT2D eigenvalue weighted by Crippen LogP contribution is -2.23. The molecule has 0 aliphatic rings. The molecule has 19 heavy (non-hydrogen) atoms. The summed E-state index contributed by atoms with van der Waals surface area (Å²) >= 11 is 5.77. The van der Waals surface area contributed by atoms with Crippen molar-refractivity contribution in [2.75, 3.05) is 4.72 Å². The molecule has 102 valence electrons. The zero-order valence-corrected chi connectivity index (χ0v) is 11.9. The van der Waals surface area contributed by atoms with Crippen LogP contribution in [0.4, 0.5) is 5.95 Å². The zero-order chi connectivity index (χ0) is 14.0. The summed E-state index contributed by atoms with van der Waals surface area (Å²) < 4.78 is 30.5. The van der Waals surface area contributed by atoms with Crippen molar-refractivity contribution in [2.45, 2.75) is 19.1 Å². The van der Waals surface area contributed by atoms with Crippen molar-refractivity contribution in [3.63, 3.8) is 0 Å². The van der Waals surface area contributed by atoms with Crippen LogP contribution in [0.2, 0.25) is 5.02 Å². The first-order valence-electron chi connectivity index (χ1n) is 5.50. The third-order valence-electron chi connectivity index (χ3n) is 2.37. The molecule has 0 bridgehead atoms. The number of anilines is 1. The minimum Gasteiger partial charge on any atom is -0.332 e. The molecule has 1 aromatic heterocycles. The van der Waals surface area contributed by atoms with E-state index in [9.17, 15) is 8.42 Å². The Bertz CT molecular complexity index is 665. The van der Waals surface area contributed by atoms with Gasteiger partial charge in [0, 0.05) is 10.6 Å². The molecule has 0 radical (unpaired) electrons. The smallest absolute Gasteiger partial charge is 0.277 e. The predicted molar refractivity (Wildman–Crippen MR) is 72.4 cm³/mol. The largest absolute Gasteiger partial charge is 0.332 e. The quantitative estimate of drug-likeness (QED) is 0.938. The second-order valence-corrected chi connectivity index (χ2v) is 6.80. The van der Waals surface area contributed by atoms with Gasteiger partial charge in [-0.25, -0.2) is 13.1 Å². The Morgan fingerprint density at radius 1 is 1.26 bits per heavy atom. The number of hydrogen-bond acceptors (Lipinski definition) is 5. The van der Waals surface area contributed by atoms with Crippen molar-refractivity contribution in [2.24, 2.45) is 0 Å². The Hall–Kier alpha value is -1.60. The molecule has 1 N–H and O–H groups in total. The fraction of sp³-hybridized carbons (Fsp3) is 0.273. The maximum atomic E-state index is 11.6. The van der Waals surface area contributed by atoms with Crippen molar-refractivity contribution in [3.05, 3.63) is 29.3 Å². The lowest BCUT2D eigenvalue weighted by molar-refractivity contribution is 0.433. The zero-order valence-electron chi connectivity index (χ0n) is 10.3. The highest BCUT2D eigenvalue weighted by molar-refractivity contribution is 7.93. The van der Waals surface area contributed by atoms with Gasteiger partial charge in [-0.15, -0.1) is 0 Å². The highest BCUT2D eigenvalue weighted by Crippen LogP contribution is 2.21. The van der Waals surface area contributed by atoms with Crippen LogP contribution in [-0.4, -0.2) is 23.8 Å². The molecule has 8 heteroatoms. The van der Waals surface area contributed by atoms with Crippen LogP contribution in [0.1, 0.15) is 13.8 Å². The molecule has 0 aliphatic heterocycles. The maximum Gasteiger partial charge on any atom is 0.277 e. The molecule has 0 atom stereocenters. The number of halogens is 1. The van der Waals surface area contributed by atoms with Gasteiger partial charge in [-0.2, -0.15) is 4.98 Å². The van der Waals surface area contributed by atoms with E-state index in [-0.39, 0.29) is 11.8 Å². The highest BCUT2D eigenvalue weighted by atomic mass is 35.5.